The van der Waals surface area contributed by atoms with Crippen LogP contribution in [0.2, 0.25) is 5.02 Å². The van der Waals surface area contributed by atoms with Crippen LogP contribution in [0.15, 0.2) is 168 Å². The van der Waals surface area contributed by atoms with Crippen molar-refractivity contribution in [3.05, 3.63) is 184 Å². The highest BCUT2D eigenvalue weighted by molar-refractivity contribution is 8.00. The molecule has 7 aromatic rings. The summed E-state index contributed by atoms with van der Waals surface area (Å²) < 4.78 is 0. The summed E-state index contributed by atoms with van der Waals surface area (Å²) in [6.07, 6.45) is 1.59. The average Bonchev–Trinajstić information content (AvgIpc) is 3.66. The Kier molecular flexibility index (Phi) is 11.1. The molecule has 7 rings (SSSR count). The quantitative estimate of drug-likeness (QED) is 0.0903. The number of thioether (sulfide) groups is 1. The minimum Gasteiger partial charge on any atom is -0.321 e. The first-order chi connectivity index (χ1) is 25.9. The van der Waals surface area contributed by atoms with E-state index in [1.807, 2.05) is 66.0 Å². The maximum atomic E-state index is 13.9. The van der Waals surface area contributed by atoms with E-state index in [1.165, 1.54) is 23.1 Å². The number of nitrogens with one attached hydrogen (secondary N) is 3. The van der Waals surface area contributed by atoms with Crippen LogP contribution in [-0.2, 0) is 9.59 Å². The van der Waals surface area contributed by atoms with Crippen molar-refractivity contribution in [1.82, 2.24) is 10.3 Å². The molecule has 0 fully saturated rings. The number of halogens is 1. The largest absolute Gasteiger partial charge is 0.321 e. The van der Waals surface area contributed by atoms with Gasteiger partial charge in [0.2, 0.25) is 5.91 Å². The number of hydrogen-bond acceptors (Lipinski definition) is 6. The molecule has 0 radical (unpaired) electrons. The van der Waals surface area contributed by atoms with Crippen LogP contribution in [0.1, 0.15) is 26.7 Å². The van der Waals surface area contributed by atoms with Gasteiger partial charge in [-0.15, -0.1) is 23.1 Å². The Hall–Kier alpha value is -6.00. The van der Waals surface area contributed by atoms with Gasteiger partial charge in [-0.2, -0.15) is 0 Å². The SMILES string of the molecule is O=C(Nc1cccc(SC(C(=O)Nc2nc(-c3ccc4ccccc4c3)cs2)c2ccccc2)c1)/C(=C/c1ccc(Cl)cc1)NC(=O)c1ccccc1. The van der Waals surface area contributed by atoms with Crippen molar-refractivity contribution in [1.29, 1.82) is 0 Å². The fourth-order valence-corrected chi connectivity index (χ4v) is 7.47. The van der Waals surface area contributed by atoms with E-state index in [2.05, 4.69) is 40.2 Å². The Labute approximate surface area is 319 Å². The summed E-state index contributed by atoms with van der Waals surface area (Å²) in [7, 11) is 0. The maximum Gasteiger partial charge on any atom is 0.272 e. The molecule has 3 N–H and O–H groups in total. The Bertz CT molecular complexity index is 2430. The summed E-state index contributed by atoms with van der Waals surface area (Å²) in [4.78, 5) is 46.2. The van der Waals surface area contributed by atoms with Crippen molar-refractivity contribution < 1.29 is 14.4 Å². The number of benzene rings is 6. The number of aromatic nitrogens is 1. The lowest BCUT2D eigenvalue weighted by molar-refractivity contribution is -0.116. The summed E-state index contributed by atoms with van der Waals surface area (Å²) in [5, 5.41) is 13.3. The highest BCUT2D eigenvalue weighted by Gasteiger charge is 2.24. The van der Waals surface area contributed by atoms with E-state index in [1.54, 1.807) is 72.8 Å². The van der Waals surface area contributed by atoms with E-state index in [4.69, 9.17) is 16.6 Å². The molecule has 0 aliphatic rings. The third-order valence-electron chi connectivity index (χ3n) is 8.18. The van der Waals surface area contributed by atoms with Gasteiger partial charge in [0.25, 0.3) is 11.8 Å². The number of carbonyl (C=O) groups excluding carboxylic acids is 3. The molecular weight excluding hydrogens is 720 g/mol. The van der Waals surface area contributed by atoms with Crippen molar-refractivity contribution in [2.45, 2.75) is 10.1 Å². The van der Waals surface area contributed by atoms with Gasteiger partial charge in [0.1, 0.15) is 10.9 Å². The summed E-state index contributed by atoms with van der Waals surface area (Å²) in [5.74, 6) is -1.17. The molecule has 0 saturated carbocycles. The van der Waals surface area contributed by atoms with Gasteiger partial charge in [0.15, 0.2) is 5.13 Å². The van der Waals surface area contributed by atoms with Crippen LogP contribution < -0.4 is 16.0 Å². The number of amides is 3. The smallest absolute Gasteiger partial charge is 0.272 e. The van der Waals surface area contributed by atoms with Crippen LogP contribution >= 0.6 is 34.7 Å². The van der Waals surface area contributed by atoms with Crippen LogP contribution in [0.25, 0.3) is 28.1 Å². The van der Waals surface area contributed by atoms with Crippen molar-refractivity contribution >= 4 is 80.1 Å². The van der Waals surface area contributed by atoms with Gasteiger partial charge >= 0.3 is 0 Å². The van der Waals surface area contributed by atoms with E-state index in [9.17, 15) is 14.4 Å². The zero-order valence-electron chi connectivity index (χ0n) is 28.0. The third kappa shape index (κ3) is 9.09. The lowest BCUT2D eigenvalue weighted by Gasteiger charge is -2.17. The molecule has 1 heterocycles. The van der Waals surface area contributed by atoms with E-state index in [-0.39, 0.29) is 11.6 Å². The number of thiazole rings is 1. The summed E-state index contributed by atoms with van der Waals surface area (Å²) in [6.45, 7) is 0. The molecule has 53 heavy (non-hydrogen) atoms. The van der Waals surface area contributed by atoms with Crippen molar-refractivity contribution in [2.75, 3.05) is 10.6 Å². The summed E-state index contributed by atoms with van der Waals surface area (Å²) in [5.41, 5.74) is 4.20. The standard InChI is InChI=1S/C43H31ClN4O3S2/c44-34-22-18-28(19-23-34)24-37(46-40(49)31-13-5-2-6-14-31)41(50)45-35-16-9-17-36(26-35)53-39(30-11-3-1-4-12-30)42(51)48-43-47-38(27-52-43)33-21-20-29-10-7-8-15-32(29)25-33/h1-27,39H,(H,45,50)(H,46,49)(H,47,48,51)/b37-24-. The predicted molar refractivity (Wildman–Crippen MR) is 217 cm³/mol. The fourth-order valence-electron chi connectivity index (χ4n) is 5.53. The highest BCUT2D eigenvalue weighted by Crippen LogP contribution is 2.38. The van der Waals surface area contributed by atoms with E-state index in [0.29, 0.717) is 27.0 Å². The zero-order chi connectivity index (χ0) is 36.6. The van der Waals surface area contributed by atoms with Gasteiger partial charge in [0, 0.05) is 32.1 Å². The second kappa shape index (κ2) is 16.6. The van der Waals surface area contributed by atoms with Gasteiger partial charge in [-0.3, -0.25) is 14.4 Å². The molecule has 0 spiro atoms. The molecular formula is C43H31ClN4O3S2. The molecule has 3 amide bonds. The molecule has 0 bridgehead atoms. The number of nitrogens with zero attached hydrogens (tertiary/aromatic N) is 1. The molecule has 10 heteroatoms. The minimum absolute atomic E-state index is 0.0484. The Morgan fingerprint density at radius 3 is 2.21 bits per heavy atom. The monoisotopic (exact) mass is 750 g/mol. The van der Waals surface area contributed by atoms with Gasteiger partial charge in [-0.25, -0.2) is 4.98 Å². The summed E-state index contributed by atoms with van der Waals surface area (Å²) in [6, 6.07) is 46.7. The molecule has 0 aliphatic carbocycles. The van der Waals surface area contributed by atoms with Crippen molar-refractivity contribution in [3.8, 4) is 11.3 Å². The molecule has 0 saturated heterocycles. The lowest BCUT2D eigenvalue weighted by Crippen LogP contribution is -2.30. The zero-order valence-corrected chi connectivity index (χ0v) is 30.4. The number of carbonyl (C=O) groups is 3. The molecule has 1 aromatic heterocycles. The number of anilines is 2. The van der Waals surface area contributed by atoms with Crippen LogP contribution in [0.5, 0.6) is 0 Å². The first-order valence-corrected chi connectivity index (χ1v) is 18.7. The first kappa shape index (κ1) is 35.4. The number of fused-ring (bicyclic) bond motifs is 1. The van der Waals surface area contributed by atoms with E-state index >= 15 is 0 Å². The third-order valence-corrected chi connectivity index (χ3v) is 10.4. The number of rotatable bonds is 11. The molecule has 7 nitrogen and oxygen atoms in total. The maximum absolute atomic E-state index is 13.9. The molecule has 6 aromatic carbocycles. The predicted octanol–water partition coefficient (Wildman–Crippen LogP) is 10.5. The van der Waals surface area contributed by atoms with Gasteiger partial charge < -0.3 is 16.0 Å². The van der Waals surface area contributed by atoms with Crippen molar-refractivity contribution in [3.63, 3.8) is 0 Å². The van der Waals surface area contributed by atoms with E-state index < -0.39 is 17.1 Å². The molecule has 1 atom stereocenters. The minimum atomic E-state index is -0.624. The second-order valence-corrected chi connectivity index (χ2v) is 14.4. The van der Waals surface area contributed by atoms with Gasteiger partial charge in [0.05, 0.1) is 5.69 Å². The average molecular weight is 751 g/mol. The van der Waals surface area contributed by atoms with Crippen LogP contribution in [-0.4, -0.2) is 22.7 Å². The van der Waals surface area contributed by atoms with Gasteiger partial charge in [-0.05, 0) is 76.5 Å². The Balaban J connectivity index is 1.09. The first-order valence-electron chi connectivity index (χ1n) is 16.6. The fraction of sp³-hybridized carbons (Fsp3) is 0.0233. The van der Waals surface area contributed by atoms with Crippen LogP contribution in [0.4, 0.5) is 10.8 Å². The topological polar surface area (TPSA) is 100 Å². The number of hydrogen-bond donors (Lipinski definition) is 3. The lowest BCUT2D eigenvalue weighted by atomic mass is 10.1. The summed E-state index contributed by atoms with van der Waals surface area (Å²) >= 11 is 8.80. The van der Waals surface area contributed by atoms with E-state index in [0.717, 1.165) is 32.5 Å². The van der Waals surface area contributed by atoms with Crippen LogP contribution in [0.3, 0.4) is 0 Å². The van der Waals surface area contributed by atoms with Crippen LogP contribution in [0, 0.1) is 0 Å². The molecule has 0 aliphatic heterocycles. The molecule has 260 valence electrons. The second-order valence-electron chi connectivity index (χ2n) is 11.9. The van der Waals surface area contributed by atoms with Gasteiger partial charge in [-0.1, -0.05) is 115 Å². The Morgan fingerprint density at radius 2 is 1.43 bits per heavy atom. The normalized spacial score (nSPS) is 11.8. The Morgan fingerprint density at radius 1 is 0.717 bits per heavy atom. The van der Waals surface area contributed by atoms with Crippen molar-refractivity contribution in [2.24, 2.45) is 0 Å². The molecule has 1 unspecified atom stereocenters. The highest BCUT2D eigenvalue weighted by atomic mass is 35.5.